The Balaban J connectivity index is 2.09. The summed E-state index contributed by atoms with van der Waals surface area (Å²) < 4.78 is 1.93. The molecular weight excluding hydrogens is 256 g/mol. The van der Waals surface area contributed by atoms with Crippen LogP contribution in [-0.4, -0.2) is 44.9 Å². The zero-order valence-corrected chi connectivity index (χ0v) is 12.5. The van der Waals surface area contributed by atoms with E-state index in [9.17, 15) is 9.59 Å². The average molecular weight is 278 g/mol. The van der Waals surface area contributed by atoms with E-state index in [1.807, 2.05) is 31.7 Å². The molecule has 2 heterocycles. The fourth-order valence-corrected chi connectivity index (χ4v) is 2.46. The van der Waals surface area contributed by atoms with E-state index in [2.05, 4.69) is 10.3 Å². The summed E-state index contributed by atoms with van der Waals surface area (Å²) in [6.07, 6.45) is 4.26. The highest BCUT2D eigenvalue weighted by molar-refractivity contribution is 5.96. The third-order valence-corrected chi connectivity index (χ3v) is 3.86. The van der Waals surface area contributed by atoms with Gasteiger partial charge in [0.1, 0.15) is 17.9 Å². The van der Waals surface area contributed by atoms with Gasteiger partial charge in [0, 0.05) is 32.4 Å². The number of amides is 2. The Morgan fingerprint density at radius 3 is 2.65 bits per heavy atom. The predicted octanol–water partition coefficient (Wildman–Crippen LogP) is 0.334. The molecule has 110 valence electrons. The van der Waals surface area contributed by atoms with Gasteiger partial charge < -0.3 is 14.8 Å². The van der Waals surface area contributed by atoms with Gasteiger partial charge in [-0.3, -0.25) is 9.59 Å². The zero-order valence-electron chi connectivity index (χ0n) is 12.5. The van der Waals surface area contributed by atoms with Crippen LogP contribution in [0.25, 0.3) is 0 Å². The Hall–Kier alpha value is -1.85. The van der Waals surface area contributed by atoms with Gasteiger partial charge in [-0.2, -0.15) is 0 Å². The van der Waals surface area contributed by atoms with Crippen LogP contribution >= 0.6 is 0 Å². The first-order valence-electron chi connectivity index (χ1n) is 6.99. The third kappa shape index (κ3) is 2.69. The first-order chi connectivity index (χ1) is 9.41. The minimum atomic E-state index is -0.419. The molecule has 1 N–H and O–H groups in total. The average Bonchev–Trinajstić information content (AvgIpc) is 2.79. The second kappa shape index (κ2) is 5.64. The largest absolute Gasteiger partial charge is 0.342 e. The summed E-state index contributed by atoms with van der Waals surface area (Å²) in [6, 6.07) is -0.835. The van der Waals surface area contributed by atoms with Crippen molar-refractivity contribution < 1.29 is 9.59 Å². The number of aromatic nitrogens is 2. The number of piperazine rings is 1. The van der Waals surface area contributed by atoms with Gasteiger partial charge in [-0.15, -0.1) is 0 Å². The van der Waals surface area contributed by atoms with E-state index in [0.717, 1.165) is 5.82 Å². The summed E-state index contributed by atoms with van der Waals surface area (Å²) in [5.41, 5.74) is 0. The summed E-state index contributed by atoms with van der Waals surface area (Å²) in [5.74, 6) is 0.927. The maximum Gasteiger partial charge on any atom is 0.246 e. The number of rotatable bonds is 4. The van der Waals surface area contributed by atoms with E-state index in [1.165, 1.54) is 0 Å². The van der Waals surface area contributed by atoms with Crippen molar-refractivity contribution >= 4 is 11.8 Å². The highest BCUT2D eigenvalue weighted by Gasteiger charge is 2.39. The number of hydrogen-bond donors (Lipinski definition) is 1. The molecule has 0 spiro atoms. The van der Waals surface area contributed by atoms with Gasteiger partial charge in [0.15, 0.2) is 0 Å². The van der Waals surface area contributed by atoms with E-state index in [-0.39, 0.29) is 17.7 Å². The van der Waals surface area contributed by atoms with Gasteiger partial charge in [-0.1, -0.05) is 13.8 Å². The zero-order chi connectivity index (χ0) is 14.9. The minimum Gasteiger partial charge on any atom is -0.342 e. The summed E-state index contributed by atoms with van der Waals surface area (Å²) in [7, 11) is 1.92. The van der Waals surface area contributed by atoms with E-state index >= 15 is 0 Å². The number of imidazole rings is 1. The Bertz CT molecular complexity index is 509. The lowest BCUT2D eigenvalue weighted by molar-refractivity contribution is -0.149. The summed E-state index contributed by atoms with van der Waals surface area (Å²) in [4.78, 5) is 30.3. The van der Waals surface area contributed by atoms with Gasteiger partial charge >= 0.3 is 0 Å². The SMILES string of the molecule is CC(C)C1NC(=O)C(C)N(CCc2nccn2C)C1=O. The van der Waals surface area contributed by atoms with E-state index in [1.54, 1.807) is 18.0 Å². The first-order valence-corrected chi connectivity index (χ1v) is 6.99. The number of hydrogen-bond acceptors (Lipinski definition) is 3. The van der Waals surface area contributed by atoms with E-state index in [4.69, 9.17) is 0 Å². The standard InChI is InChI=1S/C14H22N4O2/c1-9(2)12-14(20)18(10(3)13(19)16-12)7-5-11-15-6-8-17(11)4/h6,8-10,12H,5,7H2,1-4H3,(H,16,19). The molecule has 1 aromatic heterocycles. The topological polar surface area (TPSA) is 67.2 Å². The van der Waals surface area contributed by atoms with Crippen molar-refractivity contribution in [2.75, 3.05) is 6.54 Å². The fraction of sp³-hybridized carbons (Fsp3) is 0.643. The quantitative estimate of drug-likeness (QED) is 0.863. The van der Waals surface area contributed by atoms with Crippen LogP contribution in [0.5, 0.6) is 0 Å². The first kappa shape index (κ1) is 14.6. The molecule has 2 atom stereocenters. The molecule has 6 heteroatoms. The summed E-state index contributed by atoms with van der Waals surface area (Å²) in [5, 5.41) is 2.80. The third-order valence-electron chi connectivity index (χ3n) is 3.86. The van der Waals surface area contributed by atoms with E-state index in [0.29, 0.717) is 13.0 Å². The molecule has 2 unspecified atom stereocenters. The van der Waals surface area contributed by atoms with E-state index < -0.39 is 12.1 Å². The lowest BCUT2D eigenvalue weighted by Crippen LogP contribution is -2.64. The second-order valence-corrected chi connectivity index (χ2v) is 5.64. The number of aryl methyl sites for hydroxylation is 1. The normalized spacial score (nSPS) is 23.4. The van der Waals surface area contributed by atoms with Gasteiger partial charge in [0.2, 0.25) is 11.8 Å². The lowest BCUT2D eigenvalue weighted by Gasteiger charge is -2.38. The molecule has 1 saturated heterocycles. The van der Waals surface area contributed by atoms with Crippen molar-refractivity contribution in [3.8, 4) is 0 Å². The molecule has 0 aromatic carbocycles. The van der Waals surface area contributed by atoms with Gasteiger partial charge in [-0.25, -0.2) is 4.98 Å². The molecule has 1 aliphatic heterocycles. The Labute approximate surface area is 119 Å². The highest BCUT2D eigenvalue weighted by Crippen LogP contribution is 2.15. The maximum atomic E-state index is 12.5. The van der Waals surface area contributed by atoms with Crippen LogP contribution in [0.2, 0.25) is 0 Å². The molecule has 0 saturated carbocycles. The van der Waals surface area contributed by atoms with Crippen molar-refractivity contribution in [2.24, 2.45) is 13.0 Å². The molecule has 1 fully saturated rings. The maximum absolute atomic E-state index is 12.5. The van der Waals surface area contributed by atoms with Crippen LogP contribution in [0, 0.1) is 5.92 Å². The number of carbonyl (C=O) groups excluding carboxylic acids is 2. The summed E-state index contributed by atoms with van der Waals surface area (Å²) >= 11 is 0. The van der Waals surface area contributed by atoms with Crippen LogP contribution in [-0.2, 0) is 23.1 Å². The molecule has 1 aliphatic rings. The highest BCUT2D eigenvalue weighted by atomic mass is 16.2. The number of carbonyl (C=O) groups is 2. The van der Waals surface area contributed by atoms with Gasteiger partial charge in [-0.05, 0) is 12.8 Å². The van der Waals surface area contributed by atoms with Crippen LogP contribution in [0.15, 0.2) is 12.4 Å². The molecule has 2 amide bonds. The number of nitrogens with one attached hydrogen (secondary N) is 1. The molecule has 0 radical (unpaired) electrons. The summed E-state index contributed by atoms with van der Waals surface area (Å²) in [6.45, 7) is 6.16. The van der Waals surface area contributed by atoms with Crippen molar-refractivity contribution in [1.29, 1.82) is 0 Å². The molecular formula is C14H22N4O2. The lowest BCUT2D eigenvalue weighted by atomic mass is 9.98. The molecule has 0 bridgehead atoms. The van der Waals surface area contributed by atoms with Gasteiger partial charge in [0.05, 0.1) is 0 Å². The van der Waals surface area contributed by atoms with Crippen LogP contribution in [0.1, 0.15) is 26.6 Å². The Morgan fingerprint density at radius 2 is 2.10 bits per heavy atom. The van der Waals surface area contributed by atoms with Crippen LogP contribution in [0.4, 0.5) is 0 Å². The predicted molar refractivity (Wildman–Crippen MR) is 74.9 cm³/mol. The van der Waals surface area contributed by atoms with Crippen molar-refractivity contribution in [3.63, 3.8) is 0 Å². The minimum absolute atomic E-state index is 0.00121. The van der Waals surface area contributed by atoms with Gasteiger partial charge in [0.25, 0.3) is 0 Å². The monoisotopic (exact) mass is 278 g/mol. The van der Waals surface area contributed by atoms with Crippen molar-refractivity contribution in [1.82, 2.24) is 19.8 Å². The molecule has 0 aliphatic carbocycles. The molecule has 1 aromatic rings. The van der Waals surface area contributed by atoms with Crippen LogP contribution in [0.3, 0.4) is 0 Å². The molecule has 6 nitrogen and oxygen atoms in total. The Kier molecular flexibility index (Phi) is 4.11. The Morgan fingerprint density at radius 1 is 1.40 bits per heavy atom. The second-order valence-electron chi connectivity index (χ2n) is 5.64. The van der Waals surface area contributed by atoms with Crippen molar-refractivity contribution in [2.45, 2.75) is 39.3 Å². The fourth-order valence-electron chi connectivity index (χ4n) is 2.46. The van der Waals surface area contributed by atoms with Crippen molar-refractivity contribution in [3.05, 3.63) is 18.2 Å². The smallest absolute Gasteiger partial charge is 0.246 e. The molecule has 2 rings (SSSR count). The number of nitrogens with zero attached hydrogens (tertiary/aromatic N) is 3. The van der Waals surface area contributed by atoms with Crippen LogP contribution < -0.4 is 5.32 Å². The molecule has 20 heavy (non-hydrogen) atoms.